The summed E-state index contributed by atoms with van der Waals surface area (Å²) in [5.74, 6) is 1.73. The van der Waals surface area contributed by atoms with Crippen LogP contribution in [0.4, 0.5) is 0 Å². The molecule has 80 valence electrons. The molecule has 2 heterocycles. The van der Waals surface area contributed by atoms with Crippen LogP contribution in [0.1, 0.15) is 18.1 Å². The van der Waals surface area contributed by atoms with Crippen molar-refractivity contribution in [1.29, 1.82) is 0 Å². The van der Waals surface area contributed by atoms with Crippen molar-refractivity contribution in [2.75, 3.05) is 20.0 Å². The van der Waals surface area contributed by atoms with Crippen LogP contribution in [0.2, 0.25) is 0 Å². The Morgan fingerprint density at radius 2 is 1.80 bits per heavy atom. The van der Waals surface area contributed by atoms with Gasteiger partial charge in [0, 0.05) is 5.41 Å². The van der Waals surface area contributed by atoms with Crippen molar-refractivity contribution in [3.05, 3.63) is 23.3 Å². The van der Waals surface area contributed by atoms with Crippen LogP contribution in [0.3, 0.4) is 0 Å². The van der Waals surface area contributed by atoms with Gasteiger partial charge in [-0.15, -0.1) is 0 Å². The molecule has 1 saturated heterocycles. The van der Waals surface area contributed by atoms with Crippen molar-refractivity contribution >= 4 is 0 Å². The van der Waals surface area contributed by atoms with Crippen LogP contribution in [-0.4, -0.2) is 20.0 Å². The fourth-order valence-corrected chi connectivity index (χ4v) is 2.26. The number of hydrogen-bond donors (Lipinski definition) is 0. The summed E-state index contributed by atoms with van der Waals surface area (Å²) in [4.78, 5) is 0. The number of rotatable bonds is 1. The van der Waals surface area contributed by atoms with E-state index in [1.165, 1.54) is 11.1 Å². The first kappa shape index (κ1) is 9.04. The minimum Gasteiger partial charge on any atom is -0.454 e. The molecule has 3 heteroatoms. The fraction of sp³-hybridized carbons (Fsp3) is 0.500. The van der Waals surface area contributed by atoms with Crippen molar-refractivity contribution in [1.82, 2.24) is 0 Å². The van der Waals surface area contributed by atoms with E-state index in [9.17, 15) is 0 Å². The van der Waals surface area contributed by atoms with Gasteiger partial charge < -0.3 is 14.2 Å². The maximum absolute atomic E-state index is 5.39. The molecule has 0 radical (unpaired) electrons. The highest BCUT2D eigenvalue weighted by Gasteiger charge is 2.37. The molecular weight excluding hydrogens is 192 g/mol. The van der Waals surface area contributed by atoms with Crippen LogP contribution in [0.5, 0.6) is 11.5 Å². The topological polar surface area (TPSA) is 27.7 Å². The smallest absolute Gasteiger partial charge is 0.231 e. The molecule has 1 aromatic rings. The van der Waals surface area contributed by atoms with Gasteiger partial charge in [-0.25, -0.2) is 0 Å². The third kappa shape index (κ3) is 1.23. The average molecular weight is 206 g/mol. The van der Waals surface area contributed by atoms with Gasteiger partial charge in [0.25, 0.3) is 0 Å². The summed E-state index contributed by atoms with van der Waals surface area (Å²) >= 11 is 0. The Kier molecular flexibility index (Phi) is 1.74. The maximum atomic E-state index is 5.39. The second-order valence-electron chi connectivity index (χ2n) is 4.57. The predicted octanol–water partition coefficient (Wildman–Crippen LogP) is 2.01. The molecule has 3 nitrogen and oxygen atoms in total. The quantitative estimate of drug-likeness (QED) is 0.703. The molecule has 0 saturated carbocycles. The molecule has 0 aromatic heterocycles. The van der Waals surface area contributed by atoms with Gasteiger partial charge in [-0.1, -0.05) is 6.92 Å². The van der Waals surface area contributed by atoms with Crippen molar-refractivity contribution in [2.45, 2.75) is 19.3 Å². The molecule has 15 heavy (non-hydrogen) atoms. The van der Waals surface area contributed by atoms with Crippen LogP contribution in [0.25, 0.3) is 0 Å². The van der Waals surface area contributed by atoms with Crippen LogP contribution in [-0.2, 0) is 10.2 Å². The third-order valence-electron chi connectivity index (χ3n) is 3.21. The van der Waals surface area contributed by atoms with Crippen molar-refractivity contribution in [3.8, 4) is 11.5 Å². The molecule has 0 N–H and O–H groups in total. The normalized spacial score (nSPS) is 21.2. The Hall–Kier alpha value is -1.22. The highest BCUT2D eigenvalue weighted by atomic mass is 16.7. The number of aryl methyl sites for hydroxylation is 1. The average Bonchev–Trinajstić information content (AvgIpc) is 2.60. The Labute approximate surface area is 89.0 Å². The molecule has 1 aromatic carbocycles. The predicted molar refractivity (Wildman–Crippen MR) is 55.5 cm³/mol. The van der Waals surface area contributed by atoms with Gasteiger partial charge in [0.1, 0.15) is 0 Å². The summed E-state index contributed by atoms with van der Waals surface area (Å²) in [6, 6.07) is 4.15. The van der Waals surface area contributed by atoms with E-state index in [1.54, 1.807) is 0 Å². The summed E-state index contributed by atoms with van der Waals surface area (Å²) in [5.41, 5.74) is 2.73. The molecule has 1 fully saturated rings. The van der Waals surface area contributed by atoms with E-state index in [-0.39, 0.29) is 5.41 Å². The zero-order valence-electron chi connectivity index (χ0n) is 9.00. The van der Waals surface area contributed by atoms with Gasteiger partial charge >= 0.3 is 0 Å². The van der Waals surface area contributed by atoms with E-state index in [1.807, 2.05) is 0 Å². The van der Waals surface area contributed by atoms with Crippen molar-refractivity contribution in [3.63, 3.8) is 0 Å². The summed E-state index contributed by atoms with van der Waals surface area (Å²) in [6.07, 6.45) is 0. The lowest BCUT2D eigenvalue weighted by Crippen LogP contribution is -2.44. The fourth-order valence-electron chi connectivity index (χ4n) is 2.26. The zero-order chi connectivity index (χ0) is 10.5. The summed E-state index contributed by atoms with van der Waals surface area (Å²) in [7, 11) is 0. The van der Waals surface area contributed by atoms with E-state index < -0.39 is 0 Å². The first-order chi connectivity index (χ1) is 7.19. The largest absolute Gasteiger partial charge is 0.454 e. The maximum Gasteiger partial charge on any atom is 0.231 e. The molecular formula is C12H14O3. The van der Waals surface area contributed by atoms with Gasteiger partial charge in [0.05, 0.1) is 13.2 Å². The van der Waals surface area contributed by atoms with Gasteiger partial charge in [0.2, 0.25) is 6.79 Å². The number of ether oxygens (including phenoxy) is 3. The van der Waals surface area contributed by atoms with E-state index in [2.05, 4.69) is 26.0 Å². The molecule has 3 rings (SSSR count). The molecule has 0 atom stereocenters. The molecule has 0 aliphatic carbocycles. The second-order valence-corrected chi connectivity index (χ2v) is 4.57. The monoisotopic (exact) mass is 206 g/mol. The van der Waals surface area contributed by atoms with E-state index >= 15 is 0 Å². The highest BCUT2D eigenvalue weighted by Crippen LogP contribution is 2.41. The molecule has 0 spiro atoms. The van der Waals surface area contributed by atoms with Crippen LogP contribution in [0.15, 0.2) is 12.1 Å². The molecule has 0 amide bonds. The van der Waals surface area contributed by atoms with E-state index in [4.69, 9.17) is 14.2 Å². The Bertz CT molecular complexity index is 408. The Morgan fingerprint density at radius 1 is 1.13 bits per heavy atom. The minimum atomic E-state index is 0.158. The van der Waals surface area contributed by atoms with Crippen LogP contribution >= 0.6 is 0 Å². The van der Waals surface area contributed by atoms with E-state index in [0.717, 1.165) is 24.7 Å². The number of hydrogen-bond acceptors (Lipinski definition) is 3. The van der Waals surface area contributed by atoms with Crippen molar-refractivity contribution < 1.29 is 14.2 Å². The van der Waals surface area contributed by atoms with Crippen LogP contribution < -0.4 is 9.47 Å². The van der Waals surface area contributed by atoms with Crippen molar-refractivity contribution in [2.24, 2.45) is 0 Å². The van der Waals surface area contributed by atoms with Gasteiger partial charge in [-0.2, -0.15) is 0 Å². The first-order valence-corrected chi connectivity index (χ1v) is 5.17. The lowest BCUT2D eigenvalue weighted by molar-refractivity contribution is -0.0503. The highest BCUT2D eigenvalue weighted by molar-refractivity contribution is 5.51. The standard InChI is InChI=1S/C12H14O3/c1-8-3-10-11(15-7-14-10)4-9(8)12(2)5-13-6-12/h3-4H,5-7H2,1-2H3. The minimum absolute atomic E-state index is 0.158. The molecule has 2 aliphatic heterocycles. The SMILES string of the molecule is Cc1cc2c(cc1C1(C)COC1)OCO2. The molecule has 2 aliphatic rings. The van der Waals surface area contributed by atoms with Gasteiger partial charge in [0.15, 0.2) is 11.5 Å². The Morgan fingerprint density at radius 3 is 2.40 bits per heavy atom. The lowest BCUT2D eigenvalue weighted by atomic mass is 9.78. The Balaban J connectivity index is 2.08. The van der Waals surface area contributed by atoms with Gasteiger partial charge in [-0.3, -0.25) is 0 Å². The summed E-state index contributed by atoms with van der Waals surface area (Å²) in [6.45, 7) is 6.27. The molecule has 0 unspecified atom stereocenters. The number of benzene rings is 1. The molecule has 0 bridgehead atoms. The lowest BCUT2D eigenvalue weighted by Gasteiger charge is -2.39. The van der Waals surface area contributed by atoms with Crippen LogP contribution in [0, 0.1) is 6.92 Å². The third-order valence-corrected chi connectivity index (χ3v) is 3.21. The first-order valence-electron chi connectivity index (χ1n) is 5.17. The number of fused-ring (bicyclic) bond motifs is 1. The second kappa shape index (κ2) is 2.89. The van der Waals surface area contributed by atoms with Gasteiger partial charge in [-0.05, 0) is 30.2 Å². The zero-order valence-corrected chi connectivity index (χ0v) is 9.00. The van der Waals surface area contributed by atoms with E-state index in [0.29, 0.717) is 6.79 Å². The summed E-state index contributed by atoms with van der Waals surface area (Å²) < 4.78 is 16.0. The summed E-state index contributed by atoms with van der Waals surface area (Å²) in [5, 5.41) is 0.